The summed E-state index contributed by atoms with van der Waals surface area (Å²) in [6.07, 6.45) is 3.56. The van der Waals surface area contributed by atoms with Crippen LogP contribution < -0.4 is 10.1 Å². The molecule has 10 heteroatoms. The number of sulfonamides is 1. The number of aromatic nitrogens is 2. The first-order valence-corrected chi connectivity index (χ1v) is 12.2. The summed E-state index contributed by atoms with van der Waals surface area (Å²) in [6.45, 7) is 4.07. The van der Waals surface area contributed by atoms with Crippen molar-refractivity contribution in [2.24, 2.45) is 0 Å². The maximum absolute atomic E-state index is 12.6. The Morgan fingerprint density at radius 1 is 1.19 bits per heavy atom. The molecule has 0 atom stereocenters. The smallest absolute Gasteiger partial charge is 0.246 e. The van der Waals surface area contributed by atoms with Crippen LogP contribution in [0.5, 0.6) is 5.75 Å². The molecular formula is C22H26N4O4S2. The maximum Gasteiger partial charge on any atom is 0.246 e. The number of nitrogens with zero attached hydrogens (tertiary/aromatic N) is 3. The van der Waals surface area contributed by atoms with Crippen molar-refractivity contribution in [2.45, 2.75) is 23.9 Å². The molecule has 170 valence electrons. The Hall–Kier alpha value is -2.82. The molecule has 0 bridgehead atoms. The van der Waals surface area contributed by atoms with E-state index in [2.05, 4.69) is 16.4 Å². The van der Waals surface area contributed by atoms with E-state index in [0.717, 1.165) is 15.6 Å². The molecule has 0 saturated heterocycles. The number of imidazole rings is 1. The van der Waals surface area contributed by atoms with Crippen LogP contribution in [-0.4, -0.2) is 55.1 Å². The van der Waals surface area contributed by atoms with Crippen molar-refractivity contribution in [3.05, 3.63) is 59.9 Å². The molecule has 2 aromatic carbocycles. The number of anilines is 1. The number of rotatable bonds is 8. The van der Waals surface area contributed by atoms with Gasteiger partial charge in [0, 0.05) is 32.2 Å². The second-order valence-corrected chi connectivity index (χ2v) is 10.4. The van der Waals surface area contributed by atoms with Gasteiger partial charge in [0.2, 0.25) is 15.9 Å². The van der Waals surface area contributed by atoms with Gasteiger partial charge in [-0.05, 0) is 43.7 Å². The number of hydrogen-bond donors (Lipinski definition) is 1. The van der Waals surface area contributed by atoms with Gasteiger partial charge in [-0.15, -0.1) is 0 Å². The van der Waals surface area contributed by atoms with Crippen LogP contribution in [-0.2, 0) is 14.8 Å². The molecule has 0 aliphatic carbocycles. The predicted molar refractivity (Wildman–Crippen MR) is 126 cm³/mol. The fraction of sp³-hybridized carbons (Fsp3) is 0.273. The minimum absolute atomic E-state index is 0.0131. The van der Waals surface area contributed by atoms with Crippen LogP contribution in [0.4, 0.5) is 5.69 Å². The molecule has 0 fully saturated rings. The van der Waals surface area contributed by atoms with Crippen LogP contribution in [0, 0.1) is 13.8 Å². The number of nitrogens with one attached hydrogen (secondary N) is 1. The molecule has 0 unspecified atom stereocenters. The number of methoxy groups -OCH3 is 1. The minimum Gasteiger partial charge on any atom is -0.495 e. The van der Waals surface area contributed by atoms with Gasteiger partial charge in [-0.2, -0.15) is 0 Å². The van der Waals surface area contributed by atoms with E-state index in [9.17, 15) is 13.2 Å². The van der Waals surface area contributed by atoms with E-state index in [1.54, 1.807) is 12.3 Å². The van der Waals surface area contributed by atoms with E-state index < -0.39 is 10.0 Å². The van der Waals surface area contributed by atoms with E-state index in [1.807, 2.05) is 36.7 Å². The molecular weight excluding hydrogens is 448 g/mol. The van der Waals surface area contributed by atoms with Crippen molar-refractivity contribution < 1.29 is 17.9 Å². The Labute approximate surface area is 192 Å². The van der Waals surface area contributed by atoms with E-state index in [1.165, 1.54) is 50.7 Å². The number of thioether (sulfide) groups is 1. The average Bonchev–Trinajstić information content (AvgIpc) is 3.20. The van der Waals surface area contributed by atoms with Crippen molar-refractivity contribution in [1.29, 1.82) is 0 Å². The topological polar surface area (TPSA) is 93.5 Å². The Bertz CT molecular complexity index is 1240. The Morgan fingerprint density at radius 3 is 2.59 bits per heavy atom. The van der Waals surface area contributed by atoms with Crippen LogP contribution in [0.15, 0.2) is 58.8 Å². The number of carbonyl (C=O) groups is 1. The zero-order valence-electron chi connectivity index (χ0n) is 18.6. The number of amides is 1. The molecule has 0 aliphatic rings. The highest BCUT2D eigenvalue weighted by atomic mass is 32.2. The number of carbonyl (C=O) groups excluding carboxylic acids is 1. The molecule has 1 aromatic heterocycles. The fourth-order valence-electron chi connectivity index (χ4n) is 3.14. The molecule has 32 heavy (non-hydrogen) atoms. The molecule has 1 N–H and O–H groups in total. The third-order valence-electron chi connectivity index (χ3n) is 4.76. The Balaban J connectivity index is 1.74. The summed E-state index contributed by atoms with van der Waals surface area (Å²) in [7, 11) is 0.547. The molecule has 3 aromatic rings. The van der Waals surface area contributed by atoms with Crippen molar-refractivity contribution >= 4 is 33.4 Å². The molecule has 0 aliphatic heterocycles. The molecule has 0 radical (unpaired) electrons. The van der Waals surface area contributed by atoms with Crippen LogP contribution in [0.2, 0.25) is 0 Å². The van der Waals surface area contributed by atoms with Gasteiger partial charge in [0.05, 0.1) is 18.6 Å². The Morgan fingerprint density at radius 2 is 1.94 bits per heavy atom. The first-order chi connectivity index (χ1) is 15.1. The quantitative estimate of drug-likeness (QED) is 0.503. The third kappa shape index (κ3) is 5.14. The molecule has 1 heterocycles. The standard InChI is InChI=1S/C22H26N4O4S2/c1-15-6-8-18(16(2)12-15)26-11-10-23-22(26)31-14-21(27)24-17-7-9-19(30-5)20(13-17)32(28,29)25(3)4/h6-13H,14H2,1-5H3,(H,24,27). The lowest BCUT2D eigenvalue weighted by atomic mass is 10.1. The normalized spacial score (nSPS) is 11.6. The van der Waals surface area contributed by atoms with Crippen LogP contribution >= 0.6 is 11.8 Å². The van der Waals surface area contributed by atoms with Gasteiger partial charge >= 0.3 is 0 Å². The van der Waals surface area contributed by atoms with Crippen LogP contribution in [0.3, 0.4) is 0 Å². The lowest BCUT2D eigenvalue weighted by Gasteiger charge is -2.16. The fourth-order valence-corrected chi connectivity index (χ4v) is 4.98. The third-order valence-corrected chi connectivity index (χ3v) is 7.56. The van der Waals surface area contributed by atoms with Crippen molar-refractivity contribution in [3.8, 4) is 11.4 Å². The van der Waals surface area contributed by atoms with Gasteiger partial charge in [-0.3, -0.25) is 9.36 Å². The first-order valence-electron chi connectivity index (χ1n) is 9.77. The largest absolute Gasteiger partial charge is 0.495 e. The number of hydrogen-bond acceptors (Lipinski definition) is 6. The highest BCUT2D eigenvalue weighted by molar-refractivity contribution is 7.99. The summed E-state index contributed by atoms with van der Waals surface area (Å²) in [5.74, 6) is 0.0501. The zero-order valence-corrected chi connectivity index (χ0v) is 20.3. The molecule has 1 amide bonds. The van der Waals surface area contributed by atoms with E-state index >= 15 is 0 Å². The molecule has 3 rings (SSSR count). The summed E-state index contributed by atoms with van der Waals surface area (Å²) in [5.41, 5.74) is 3.66. The average molecular weight is 475 g/mol. The SMILES string of the molecule is COc1ccc(NC(=O)CSc2nccn2-c2ccc(C)cc2C)cc1S(=O)(=O)N(C)C. The van der Waals surface area contributed by atoms with Gasteiger partial charge in [0.15, 0.2) is 5.16 Å². The lowest BCUT2D eigenvalue weighted by molar-refractivity contribution is -0.113. The predicted octanol–water partition coefficient (Wildman–Crippen LogP) is 3.48. The zero-order chi connectivity index (χ0) is 23.5. The number of aryl methyl sites for hydroxylation is 2. The second kappa shape index (κ2) is 9.76. The highest BCUT2D eigenvalue weighted by Crippen LogP contribution is 2.29. The summed E-state index contributed by atoms with van der Waals surface area (Å²) >= 11 is 1.30. The van der Waals surface area contributed by atoms with E-state index in [4.69, 9.17) is 4.74 Å². The van der Waals surface area contributed by atoms with E-state index in [-0.39, 0.29) is 22.3 Å². The number of ether oxygens (including phenoxy) is 1. The van der Waals surface area contributed by atoms with Gasteiger partial charge in [-0.25, -0.2) is 17.7 Å². The first kappa shape index (κ1) is 23.8. The van der Waals surface area contributed by atoms with Gasteiger partial charge < -0.3 is 10.1 Å². The highest BCUT2D eigenvalue weighted by Gasteiger charge is 2.23. The monoisotopic (exact) mass is 474 g/mol. The van der Waals surface area contributed by atoms with Gasteiger partial charge in [-0.1, -0.05) is 29.5 Å². The summed E-state index contributed by atoms with van der Waals surface area (Å²) in [5, 5.41) is 3.44. The van der Waals surface area contributed by atoms with Gasteiger partial charge in [0.1, 0.15) is 10.6 Å². The van der Waals surface area contributed by atoms with Crippen LogP contribution in [0.25, 0.3) is 5.69 Å². The Kier molecular flexibility index (Phi) is 7.27. The van der Waals surface area contributed by atoms with Gasteiger partial charge in [0.25, 0.3) is 0 Å². The molecule has 8 nitrogen and oxygen atoms in total. The minimum atomic E-state index is -3.73. The van der Waals surface area contributed by atoms with Crippen molar-refractivity contribution in [1.82, 2.24) is 13.9 Å². The van der Waals surface area contributed by atoms with Crippen LogP contribution in [0.1, 0.15) is 11.1 Å². The van der Waals surface area contributed by atoms with E-state index in [0.29, 0.717) is 10.8 Å². The van der Waals surface area contributed by atoms with Crippen molar-refractivity contribution in [3.63, 3.8) is 0 Å². The van der Waals surface area contributed by atoms with Crippen molar-refractivity contribution in [2.75, 3.05) is 32.3 Å². The number of benzene rings is 2. The summed E-state index contributed by atoms with van der Waals surface area (Å²) in [4.78, 5) is 16.9. The second-order valence-electron chi connectivity index (χ2n) is 7.36. The molecule has 0 spiro atoms. The maximum atomic E-state index is 12.6. The lowest BCUT2D eigenvalue weighted by Crippen LogP contribution is -2.23. The summed E-state index contributed by atoms with van der Waals surface area (Å²) < 4.78 is 33.4. The molecule has 0 saturated carbocycles. The summed E-state index contributed by atoms with van der Waals surface area (Å²) in [6, 6.07) is 10.7.